The summed E-state index contributed by atoms with van der Waals surface area (Å²) in [6.07, 6.45) is 1.61. The molecule has 1 aromatic carbocycles. The number of halogens is 1. The molecule has 0 amide bonds. The molecule has 0 spiro atoms. The first-order valence-corrected chi connectivity index (χ1v) is 6.96. The Hall–Kier alpha value is -1.13. The Morgan fingerprint density at radius 2 is 2.32 bits per heavy atom. The summed E-state index contributed by atoms with van der Waals surface area (Å²) in [5, 5.41) is 9.46. The highest BCUT2D eigenvalue weighted by molar-refractivity contribution is 5.50. The molecule has 19 heavy (non-hydrogen) atoms. The van der Waals surface area contributed by atoms with Crippen molar-refractivity contribution in [3.05, 3.63) is 29.6 Å². The predicted molar refractivity (Wildman–Crippen MR) is 73.9 cm³/mol. The lowest BCUT2D eigenvalue weighted by Gasteiger charge is -2.34. The molecule has 3 nitrogen and oxygen atoms in total. The number of piperidine rings is 1. The van der Waals surface area contributed by atoms with Crippen molar-refractivity contribution in [1.29, 1.82) is 0 Å². The third-order valence-electron chi connectivity index (χ3n) is 3.58. The van der Waals surface area contributed by atoms with Crippen LogP contribution in [0.1, 0.15) is 38.4 Å². The lowest BCUT2D eigenvalue weighted by Crippen LogP contribution is -2.40. The van der Waals surface area contributed by atoms with Gasteiger partial charge in [0.1, 0.15) is 5.82 Å². The summed E-state index contributed by atoms with van der Waals surface area (Å²) < 4.78 is 19.7. The van der Waals surface area contributed by atoms with Crippen LogP contribution in [-0.2, 0) is 4.74 Å². The molecule has 0 aliphatic carbocycles. The third-order valence-corrected chi connectivity index (χ3v) is 3.58. The van der Waals surface area contributed by atoms with E-state index in [1.165, 1.54) is 6.07 Å². The monoisotopic (exact) mass is 267 g/mol. The van der Waals surface area contributed by atoms with E-state index >= 15 is 0 Å². The topological polar surface area (TPSA) is 32.7 Å². The number of rotatable bonds is 4. The lowest BCUT2D eigenvalue weighted by molar-refractivity contribution is 0.0525. The van der Waals surface area contributed by atoms with Crippen molar-refractivity contribution in [2.75, 3.05) is 24.6 Å². The number of nitrogens with zero attached hydrogens (tertiary/aromatic N) is 1. The summed E-state index contributed by atoms with van der Waals surface area (Å²) in [7, 11) is 0. The van der Waals surface area contributed by atoms with Gasteiger partial charge in [-0.1, -0.05) is 6.07 Å². The first kappa shape index (κ1) is 14.3. The fourth-order valence-corrected chi connectivity index (χ4v) is 2.57. The molecule has 106 valence electrons. The molecule has 2 unspecified atom stereocenters. The van der Waals surface area contributed by atoms with Crippen LogP contribution in [0.5, 0.6) is 0 Å². The molecule has 0 aromatic heterocycles. The average Bonchev–Trinajstić information content (AvgIpc) is 2.39. The maximum atomic E-state index is 14.1. The number of aliphatic hydroxyl groups excluding tert-OH is 1. The molecule has 0 radical (unpaired) electrons. The van der Waals surface area contributed by atoms with Crippen molar-refractivity contribution in [2.24, 2.45) is 0 Å². The van der Waals surface area contributed by atoms with Crippen LogP contribution >= 0.6 is 0 Å². The Bertz CT molecular complexity index is 421. The van der Waals surface area contributed by atoms with Crippen molar-refractivity contribution < 1.29 is 14.2 Å². The second kappa shape index (κ2) is 6.35. The van der Waals surface area contributed by atoms with Gasteiger partial charge in [0.2, 0.25) is 0 Å². The molecule has 1 heterocycles. The Morgan fingerprint density at radius 1 is 1.53 bits per heavy atom. The van der Waals surface area contributed by atoms with E-state index in [4.69, 9.17) is 4.74 Å². The molecule has 1 N–H and O–H groups in total. The minimum Gasteiger partial charge on any atom is -0.389 e. The van der Waals surface area contributed by atoms with E-state index < -0.39 is 6.10 Å². The largest absolute Gasteiger partial charge is 0.389 e. The van der Waals surface area contributed by atoms with Crippen molar-refractivity contribution in [1.82, 2.24) is 0 Å². The van der Waals surface area contributed by atoms with Crippen LogP contribution in [0.15, 0.2) is 18.2 Å². The Morgan fingerprint density at radius 3 is 2.95 bits per heavy atom. The van der Waals surface area contributed by atoms with E-state index in [0.717, 1.165) is 25.9 Å². The van der Waals surface area contributed by atoms with Crippen LogP contribution in [0.2, 0.25) is 0 Å². The van der Waals surface area contributed by atoms with Crippen molar-refractivity contribution in [3.63, 3.8) is 0 Å². The van der Waals surface area contributed by atoms with Gasteiger partial charge in [0.25, 0.3) is 0 Å². The Balaban J connectivity index is 2.12. The van der Waals surface area contributed by atoms with Gasteiger partial charge >= 0.3 is 0 Å². The van der Waals surface area contributed by atoms with E-state index in [2.05, 4.69) is 0 Å². The molecule has 2 atom stereocenters. The predicted octanol–water partition coefficient (Wildman–Crippen LogP) is 2.88. The number of hydrogen-bond donors (Lipinski definition) is 1. The average molecular weight is 267 g/mol. The lowest BCUT2D eigenvalue weighted by atomic mass is 10.1. The number of aliphatic hydroxyl groups is 1. The molecule has 0 bridgehead atoms. The second-order valence-electron chi connectivity index (χ2n) is 5.05. The van der Waals surface area contributed by atoms with Gasteiger partial charge in [-0.25, -0.2) is 4.39 Å². The SMILES string of the molecule is CCOC1CCCN(c2ccc(C(C)O)cc2F)C1. The highest BCUT2D eigenvalue weighted by Gasteiger charge is 2.22. The zero-order chi connectivity index (χ0) is 13.8. The van der Waals surface area contributed by atoms with E-state index in [-0.39, 0.29) is 11.9 Å². The summed E-state index contributed by atoms with van der Waals surface area (Å²) in [5.41, 5.74) is 1.22. The van der Waals surface area contributed by atoms with Crippen LogP contribution in [0.25, 0.3) is 0 Å². The van der Waals surface area contributed by atoms with Crippen LogP contribution in [-0.4, -0.2) is 30.9 Å². The zero-order valence-corrected chi connectivity index (χ0v) is 11.6. The highest BCUT2D eigenvalue weighted by atomic mass is 19.1. The summed E-state index contributed by atoms with van der Waals surface area (Å²) in [6.45, 7) is 5.91. The Kier molecular flexibility index (Phi) is 4.77. The fourth-order valence-electron chi connectivity index (χ4n) is 2.57. The van der Waals surface area contributed by atoms with Gasteiger partial charge in [-0.2, -0.15) is 0 Å². The van der Waals surface area contributed by atoms with Gasteiger partial charge in [-0.05, 0) is 44.4 Å². The number of anilines is 1. The number of ether oxygens (including phenoxy) is 1. The maximum absolute atomic E-state index is 14.1. The van der Waals surface area contributed by atoms with E-state index in [1.54, 1.807) is 19.1 Å². The van der Waals surface area contributed by atoms with E-state index in [0.29, 0.717) is 17.9 Å². The van der Waals surface area contributed by atoms with Crippen molar-refractivity contribution >= 4 is 5.69 Å². The van der Waals surface area contributed by atoms with Crippen molar-refractivity contribution in [3.8, 4) is 0 Å². The molecular weight excluding hydrogens is 245 g/mol. The smallest absolute Gasteiger partial charge is 0.146 e. The molecular formula is C15H22FNO2. The molecule has 1 saturated heterocycles. The van der Waals surface area contributed by atoms with E-state index in [1.807, 2.05) is 11.8 Å². The van der Waals surface area contributed by atoms with Gasteiger partial charge in [0, 0.05) is 19.7 Å². The first-order chi connectivity index (χ1) is 9.11. The molecule has 1 aliphatic rings. The van der Waals surface area contributed by atoms with Gasteiger partial charge in [-0.3, -0.25) is 0 Å². The maximum Gasteiger partial charge on any atom is 0.146 e. The van der Waals surface area contributed by atoms with Gasteiger partial charge < -0.3 is 14.7 Å². The normalized spacial score (nSPS) is 21.5. The van der Waals surface area contributed by atoms with Gasteiger partial charge in [-0.15, -0.1) is 0 Å². The molecule has 1 fully saturated rings. The van der Waals surface area contributed by atoms with Crippen LogP contribution in [0, 0.1) is 5.82 Å². The van der Waals surface area contributed by atoms with Crippen LogP contribution in [0.4, 0.5) is 10.1 Å². The second-order valence-corrected chi connectivity index (χ2v) is 5.05. The molecule has 1 aromatic rings. The van der Waals surface area contributed by atoms with E-state index in [9.17, 15) is 9.50 Å². The molecule has 4 heteroatoms. The summed E-state index contributed by atoms with van der Waals surface area (Å²) in [4.78, 5) is 2.03. The Labute approximate surface area is 114 Å². The third kappa shape index (κ3) is 3.45. The minimum absolute atomic E-state index is 0.189. The standard InChI is InChI=1S/C15H22FNO2/c1-3-19-13-5-4-8-17(10-13)15-7-6-12(11(2)18)9-14(15)16/h6-7,9,11,13,18H,3-5,8,10H2,1-2H3. The fraction of sp³-hybridized carbons (Fsp3) is 0.600. The number of hydrogen-bond acceptors (Lipinski definition) is 3. The molecule has 1 aliphatic heterocycles. The summed E-state index contributed by atoms with van der Waals surface area (Å²) in [6, 6.07) is 4.96. The van der Waals surface area contributed by atoms with Crippen LogP contribution in [0.3, 0.4) is 0 Å². The van der Waals surface area contributed by atoms with Gasteiger partial charge in [0.05, 0.1) is 17.9 Å². The first-order valence-electron chi connectivity index (χ1n) is 6.96. The highest BCUT2D eigenvalue weighted by Crippen LogP contribution is 2.26. The molecule has 0 saturated carbocycles. The van der Waals surface area contributed by atoms with Crippen LogP contribution < -0.4 is 4.90 Å². The van der Waals surface area contributed by atoms with Gasteiger partial charge in [0.15, 0.2) is 0 Å². The quantitative estimate of drug-likeness (QED) is 0.910. The minimum atomic E-state index is -0.638. The summed E-state index contributed by atoms with van der Waals surface area (Å²) in [5.74, 6) is -0.268. The number of benzene rings is 1. The molecule has 2 rings (SSSR count). The van der Waals surface area contributed by atoms with Crippen molar-refractivity contribution in [2.45, 2.75) is 38.9 Å². The summed E-state index contributed by atoms with van der Waals surface area (Å²) >= 11 is 0. The zero-order valence-electron chi connectivity index (χ0n) is 11.6.